The molecule has 0 bridgehead atoms. The summed E-state index contributed by atoms with van der Waals surface area (Å²) in [6, 6.07) is 11.1. The SMILES string of the molecule is CSCc1c[c-]ccc1.[Pd+][I]. The summed E-state index contributed by atoms with van der Waals surface area (Å²) in [5.74, 6) is 1.09. The Morgan fingerprint density at radius 1 is 1.64 bits per heavy atom. The zero-order chi connectivity index (χ0) is 8.53. The molecule has 64 valence electrons. The molecule has 3 heteroatoms. The van der Waals surface area contributed by atoms with Gasteiger partial charge < -0.3 is 0 Å². The molecule has 1 aromatic carbocycles. The van der Waals surface area contributed by atoms with Crippen LogP contribution in [0.3, 0.4) is 0 Å². The monoisotopic (exact) mass is 370 g/mol. The fourth-order valence-corrected chi connectivity index (χ4v) is 1.20. The summed E-state index contributed by atoms with van der Waals surface area (Å²) in [5, 5.41) is 0. The molecule has 0 radical (unpaired) electrons. The van der Waals surface area contributed by atoms with E-state index in [1.807, 2.05) is 49.5 Å². The molecule has 0 aliphatic heterocycles. The van der Waals surface area contributed by atoms with Gasteiger partial charge in [0.25, 0.3) is 0 Å². The summed E-state index contributed by atoms with van der Waals surface area (Å²) in [6.07, 6.45) is 2.10. The molecule has 0 saturated carbocycles. The Morgan fingerprint density at radius 3 is 2.82 bits per heavy atom. The van der Waals surface area contributed by atoms with Crippen molar-refractivity contribution in [3.8, 4) is 0 Å². The van der Waals surface area contributed by atoms with Crippen molar-refractivity contribution in [2.75, 3.05) is 6.26 Å². The van der Waals surface area contributed by atoms with Crippen LogP contribution in [0.5, 0.6) is 0 Å². The van der Waals surface area contributed by atoms with E-state index < -0.39 is 0 Å². The first-order valence-electron chi connectivity index (χ1n) is 2.99. The Hall–Kier alpha value is 0.962. The molecule has 0 spiro atoms. The maximum absolute atomic E-state index is 3.03. The van der Waals surface area contributed by atoms with Gasteiger partial charge >= 0.3 is 35.1 Å². The quantitative estimate of drug-likeness (QED) is 0.438. The van der Waals surface area contributed by atoms with Gasteiger partial charge in [-0.05, 0) is 12.0 Å². The normalized spacial score (nSPS) is 8.36. The molecule has 0 nitrogen and oxygen atoms in total. The van der Waals surface area contributed by atoms with Gasteiger partial charge in [0, 0.05) is 0 Å². The summed E-state index contributed by atoms with van der Waals surface area (Å²) in [7, 11) is 0. The predicted octanol–water partition coefficient (Wildman–Crippen LogP) is 3.23. The third-order valence-corrected chi connectivity index (χ3v) is 1.70. The van der Waals surface area contributed by atoms with Crippen LogP contribution in [0.1, 0.15) is 5.56 Å². The first-order valence-corrected chi connectivity index (χ1v) is 9.01. The zero-order valence-electron chi connectivity index (χ0n) is 6.12. The second-order valence-corrected chi connectivity index (χ2v) is 2.71. The number of thioether (sulfide) groups is 1. The summed E-state index contributed by atoms with van der Waals surface area (Å²) in [5.41, 5.74) is 1.35. The van der Waals surface area contributed by atoms with E-state index in [-0.39, 0.29) is 0 Å². The van der Waals surface area contributed by atoms with Crippen LogP contribution in [0, 0.1) is 6.07 Å². The molecule has 0 fully saturated rings. The molecule has 1 rings (SSSR count). The molecule has 0 heterocycles. The number of hydrogen-bond acceptors (Lipinski definition) is 1. The second kappa shape index (κ2) is 9.05. The van der Waals surface area contributed by atoms with Gasteiger partial charge in [0.1, 0.15) is 0 Å². The van der Waals surface area contributed by atoms with Crippen molar-refractivity contribution in [1.82, 2.24) is 0 Å². The van der Waals surface area contributed by atoms with Crippen LogP contribution in [-0.4, -0.2) is 6.26 Å². The van der Waals surface area contributed by atoms with Crippen molar-refractivity contribution in [1.29, 1.82) is 0 Å². The maximum atomic E-state index is 3.03. The van der Waals surface area contributed by atoms with Crippen molar-refractivity contribution in [2.24, 2.45) is 0 Å². The predicted molar refractivity (Wildman–Crippen MR) is 56.5 cm³/mol. The summed E-state index contributed by atoms with van der Waals surface area (Å²) in [4.78, 5) is 0. The van der Waals surface area contributed by atoms with Crippen molar-refractivity contribution in [2.45, 2.75) is 5.75 Å². The van der Waals surface area contributed by atoms with Gasteiger partial charge in [-0.15, -0.1) is 5.56 Å². The van der Waals surface area contributed by atoms with Crippen LogP contribution >= 0.6 is 31.3 Å². The first-order chi connectivity index (χ1) is 5.43. The summed E-state index contributed by atoms with van der Waals surface area (Å²) < 4.78 is 0. The molecule has 0 atom stereocenters. The Labute approximate surface area is 93.9 Å². The number of benzene rings is 1. The van der Waals surface area contributed by atoms with E-state index in [0.717, 1.165) is 5.75 Å². The topological polar surface area (TPSA) is 0 Å². The zero-order valence-corrected chi connectivity index (χ0v) is 10.6. The van der Waals surface area contributed by atoms with E-state index in [4.69, 9.17) is 0 Å². The Morgan fingerprint density at radius 2 is 2.36 bits per heavy atom. The fourth-order valence-electron chi connectivity index (χ4n) is 0.687. The van der Waals surface area contributed by atoms with Crippen molar-refractivity contribution < 1.29 is 15.6 Å². The Balaban J connectivity index is 0.000000461. The van der Waals surface area contributed by atoms with Crippen LogP contribution in [0.4, 0.5) is 0 Å². The summed E-state index contributed by atoms with van der Waals surface area (Å²) >= 11 is 6.55. The van der Waals surface area contributed by atoms with Gasteiger partial charge in [0.15, 0.2) is 0 Å². The summed E-state index contributed by atoms with van der Waals surface area (Å²) in [6.45, 7) is 0. The Bertz CT molecular complexity index is 167. The number of halogens is 1. The van der Waals surface area contributed by atoms with Gasteiger partial charge in [-0.1, -0.05) is 0 Å². The van der Waals surface area contributed by atoms with Gasteiger partial charge in [0.2, 0.25) is 0 Å². The average molecular weight is 371 g/mol. The number of hydrogen-bond donors (Lipinski definition) is 0. The molecule has 0 aromatic heterocycles. The van der Waals surface area contributed by atoms with Gasteiger partial charge in [-0.2, -0.15) is 42.1 Å². The molecule has 0 aliphatic carbocycles. The van der Waals surface area contributed by atoms with E-state index in [1.165, 1.54) is 5.56 Å². The van der Waals surface area contributed by atoms with Crippen LogP contribution in [-0.2, 0) is 21.3 Å². The third kappa shape index (κ3) is 6.15. The molecule has 0 N–H and O–H groups in total. The third-order valence-electron chi connectivity index (χ3n) is 1.08. The van der Waals surface area contributed by atoms with E-state index >= 15 is 0 Å². The average Bonchev–Trinajstić information content (AvgIpc) is 2.11. The van der Waals surface area contributed by atoms with Crippen LogP contribution in [0.25, 0.3) is 0 Å². The first kappa shape index (κ1) is 12.0. The molecular formula is C8H9IPdS. The van der Waals surface area contributed by atoms with Crippen molar-refractivity contribution >= 4 is 31.3 Å². The molecule has 0 saturated heterocycles. The van der Waals surface area contributed by atoms with Crippen LogP contribution < -0.4 is 0 Å². The minimum atomic E-state index is 1.09. The standard InChI is InChI=1S/C8H9S.HI.Pd/c1-9-7-8-5-3-2-4-6-8;;/h2-3,5-6H,7H2,1H3;1H;/q-1;;+2/p-1. The number of rotatable bonds is 2. The van der Waals surface area contributed by atoms with Gasteiger partial charge in [-0.3, -0.25) is 0 Å². The van der Waals surface area contributed by atoms with E-state index in [9.17, 15) is 0 Å². The molecular weight excluding hydrogens is 361 g/mol. The van der Waals surface area contributed by atoms with E-state index in [2.05, 4.69) is 34.0 Å². The van der Waals surface area contributed by atoms with Crippen molar-refractivity contribution in [3.05, 3.63) is 35.9 Å². The fraction of sp³-hybridized carbons (Fsp3) is 0.250. The second-order valence-electron chi connectivity index (χ2n) is 1.84. The van der Waals surface area contributed by atoms with Gasteiger partial charge in [0.05, 0.1) is 0 Å². The molecule has 1 aromatic rings. The van der Waals surface area contributed by atoms with Crippen LogP contribution in [0.2, 0.25) is 0 Å². The molecule has 11 heavy (non-hydrogen) atoms. The minimum absolute atomic E-state index is 1.09. The molecule has 0 aliphatic rings. The van der Waals surface area contributed by atoms with E-state index in [0.29, 0.717) is 0 Å². The Kier molecular flexibility index (Phi) is 9.85. The van der Waals surface area contributed by atoms with Crippen LogP contribution in [0.15, 0.2) is 24.3 Å². The van der Waals surface area contributed by atoms with Gasteiger partial charge in [-0.25, -0.2) is 0 Å². The molecule has 0 unspecified atom stereocenters. The van der Waals surface area contributed by atoms with Crippen molar-refractivity contribution in [3.63, 3.8) is 0 Å². The van der Waals surface area contributed by atoms with E-state index in [1.54, 1.807) is 0 Å². The molecule has 0 amide bonds.